The molecule has 0 bridgehead atoms. The predicted molar refractivity (Wildman–Crippen MR) is 146 cm³/mol. The number of rotatable bonds is 6. The lowest BCUT2D eigenvalue weighted by molar-refractivity contribution is -0.122. The molecule has 1 aliphatic rings. The average molecular weight is 485 g/mol. The highest BCUT2D eigenvalue weighted by molar-refractivity contribution is 6.11. The molecule has 4 aromatic carbocycles. The van der Waals surface area contributed by atoms with Crippen LogP contribution < -0.4 is 4.90 Å². The third kappa shape index (κ3) is 4.97. The van der Waals surface area contributed by atoms with E-state index in [1.54, 1.807) is 30.3 Å². The summed E-state index contributed by atoms with van der Waals surface area (Å²) in [5.41, 5.74) is 4.78. The first-order valence-corrected chi connectivity index (χ1v) is 12.0. The van der Waals surface area contributed by atoms with E-state index in [0.29, 0.717) is 17.8 Å². The number of carbonyl (C=O) groups is 1. The highest BCUT2D eigenvalue weighted by atomic mass is 16.5. The zero-order valence-electron chi connectivity index (χ0n) is 20.3. The first-order chi connectivity index (χ1) is 18.2. The standard InChI is InChI=1S/C31H24N4O2/c1-2-34-30(36)29(37-31(34)33-28-16-10-9-11-24(28)22-32)21-23-17-19-27(20-18-23)35(25-12-5-3-6-13-25)26-14-7-4-8-15-26/h3-21H,2H2,1H3/b29-21+,33-31-. The molecule has 0 N–H and O–H groups in total. The van der Waals surface area contributed by atoms with Crippen LogP contribution in [0.2, 0.25) is 0 Å². The number of aliphatic imine (C=N–C) groups is 1. The van der Waals surface area contributed by atoms with Crippen molar-refractivity contribution in [2.45, 2.75) is 6.92 Å². The summed E-state index contributed by atoms with van der Waals surface area (Å²) in [6.45, 7) is 2.25. The van der Waals surface area contributed by atoms with Crippen molar-refractivity contribution in [3.8, 4) is 6.07 Å². The van der Waals surface area contributed by atoms with Gasteiger partial charge in [0.2, 0.25) is 0 Å². The number of nitriles is 1. The number of carbonyl (C=O) groups excluding carboxylic acids is 1. The van der Waals surface area contributed by atoms with Gasteiger partial charge in [-0.3, -0.25) is 9.69 Å². The van der Waals surface area contributed by atoms with Crippen LogP contribution in [-0.4, -0.2) is 23.4 Å². The largest absolute Gasteiger partial charge is 0.419 e. The first kappa shape index (κ1) is 23.6. The van der Waals surface area contributed by atoms with Crippen LogP contribution in [0.4, 0.5) is 22.7 Å². The van der Waals surface area contributed by atoms with E-state index in [4.69, 9.17) is 4.74 Å². The number of likely N-dealkylation sites (N-methyl/N-ethyl adjacent to an activating group) is 1. The SMILES string of the molecule is CCN1C(=O)/C(=C\c2ccc(N(c3ccccc3)c3ccccc3)cc2)O/C1=N\c1ccccc1C#N. The third-order valence-corrected chi connectivity index (χ3v) is 5.92. The molecule has 1 amide bonds. The van der Waals surface area contributed by atoms with Crippen LogP contribution in [0.3, 0.4) is 0 Å². The number of nitrogens with zero attached hydrogens (tertiary/aromatic N) is 4. The van der Waals surface area contributed by atoms with Gasteiger partial charge in [-0.05, 0) is 67.1 Å². The normalized spacial score (nSPS) is 15.0. The second kappa shape index (κ2) is 10.6. The second-order valence-electron chi connectivity index (χ2n) is 8.28. The summed E-state index contributed by atoms with van der Waals surface area (Å²) in [5.74, 6) is -0.0827. The van der Waals surface area contributed by atoms with Gasteiger partial charge in [-0.15, -0.1) is 0 Å². The van der Waals surface area contributed by atoms with Crippen molar-refractivity contribution in [2.24, 2.45) is 4.99 Å². The van der Waals surface area contributed by atoms with Crippen molar-refractivity contribution in [3.05, 3.63) is 126 Å². The molecule has 0 aromatic heterocycles. The van der Waals surface area contributed by atoms with Gasteiger partial charge in [-0.1, -0.05) is 60.7 Å². The summed E-state index contributed by atoms with van der Waals surface area (Å²) in [6.07, 6.45) is 1.71. The quantitative estimate of drug-likeness (QED) is 0.278. The monoisotopic (exact) mass is 484 g/mol. The number of amidine groups is 1. The first-order valence-electron chi connectivity index (χ1n) is 12.0. The maximum absolute atomic E-state index is 13.0. The van der Waals surface area contributed by atoms with Gasteiger partial charge in [-0.2, -0.15) is 10.3 Å². The number of amides is 1. The summed E-state index contributed by atoms with van der Waals surface area (Å²) in [4.78, 5) is 21.1. The van der Waals surface area contributed by atoms with Crippen LogP contribution in [0.25, 0.3) is 6.08 Å². The topological polar surface area (TPSA) is 68.9 Å². The van der Waals surface area contributed by atoms with E-state index in [1.165, 1.54) is 4.90 Å². The molecule has 0 aliphatic carbocycles. The maximum Gasteiger partial charge on any atom is 0.305 e. The van der Waals surface area contributed by atoms with Gasteiger partial charge in [0.25, 0.3) is 5.91 Å². The van der Waals surface area contributed by atoms with Crippen molar-refractivity contribution in [1.29, 1.82) is 5.26 Å². The molecule has 1 aliphatic heterocycles. The summed E-state index contributed by atoms with van der Waals surface area (Å²) < 4.78 is 5.87. The molecule has 0 unspecified atom stereocenters. The Kier molecular flexibility index (Phi) is 6.78. The molecule has 4 aromatic rings. The highest BCUT2D eigenvalue weighted by Gasteiger charge is 2.33. The number of ether oxygens (including phenoxy) is 1. The minimum Gasteiger partial charge on any atom is -0.419 e. The highest BCUT2D eigenvalue weighted by Crippen LogP contribution is 2.34. The molecule has 0 spiro atoms. The van der Waals surface area contributed by atoms with Gasteiger partial charge in [0, 0.05) is 23.6 Å². The number of hydrogen-bond donors (Lipinski definition) is 0. The minimum absolute atomic E-state index is 0.164. The fourth-order valence-electron chi connectivity index (χ4n) is 4.11. The van der Waals surface area contributed by atoms with Gasteiger partial charge >= 0.3 is 6.02 Å². The lowest BCUT2D eigenvalue weighted by Crippen LogP contribution is -2.29. The molecule has 1 fully saturated rings. The summed E-state index contributed by atoms with van der Waals surface area (Å²) >= 11 is 0. The van der Waals surface area contributed by atoms with E-state index >= 15 is 0 Å². The van der Waals surface area contributed by atoms with Gasteiger partial charge < -0.3 is 9.64 Å². The number of para-hydroxylation sites is 3. The van der Waals surface area contributed by atoms with Crippen molar-refractivity contribution in [3.63, 3.8) is 0 Å². The fourth-order valence-corrected chi connectivity index (χ4v) is 4.11. The molecule has 1 heterocycles. The van der Waals surface area contributed by atoms with Gasteiger partial charge in [-0.25, -0.2) is 0 Å². The molecule has 5 rings (SSSR count). The Balaban J connectivity index is 1.45. The molecule has 0 radical (unpaired) electrons. The third-order valence-electron chi connectivity index (χ3n) is 5.92. The van der Waals surface area contributed by atoms with Crippen LogP contribution in [0.1, 0.15) is 18.1 Å². The van der Waals surface area contributed by atoms with Crippen LogP contribution in [-0.2, 0) is 9.53 Å². The van der Waals surface area contributed by atoms with Crippen molar-refractivity contribution in [1.82, 2.24) is 4.90 Å². The van der Waals surface area contributed by atoms with Gasteiger partial charge in [0.05, 0.1) is 11.3 Å². The summed E-state index contributed by atoms with van der Waals surface area (Å²) in [5, 5.41) is 9.37. The van der Waals surface area contributed by atoms with Crippen LogP contribution in [0.5, 0.6) is 0 Å². The zero-order chi connectivity index (χ0) is 25.6. The Labute approximate surface area is 216 Å². The van der Waals surface area contributed by atoms with E-state index in [2.05, 4.69) is 40.2 Å². The molecule has 37 heavy (non-hydrogen) atoms. The molecular weight excluding hydrogens is 460 g/mol. The molecule has 6 nitrogen and oxygen atoms in total. The predicted octanol–water partition coefficient (Wildman–Crippen LogP) is 6.94. The molecule has 0 atom stereocenters. The zero-order valence-corrected chi connectivity index (χ0v) is 20.3. The molecule has 0 saturated carbocycles. The number of benzene rings is 4. The summed E-state index contributed by atoms with van der Waals surface area (Å²) in [6, 6.07) is 37.5. The number of hydrogen-bond acceptors (Lipinski definition) is 5. The Morgan fingerprint density at radius 1 is 0.838 bits per heavy atom. The van der Waals surface area contributed by atoms with Crippen LogP contribution in [0, 0.1) is 11.3 Å². The van der Waals surface area contributed by atoms with E-state index in [-0.39, 0.29) is 17.7 Å². The lowest BCUT2D eigenvalue weighted by Gasteiger charge is -2.25. The maximum atomic E-state index is 13.0. The Morgan fingerprint density at radius 2 is 1.41 bits per heavy atom. The van der Waals surface area contributed by atoms with E-state index in [0.717, 1.165) is 22.6 Å². The summed E-state index contributed by atoms with van der Waals surface area (Å²) in [7, 11) is 0. The van der Waals surface area contributed by atoms with Crippen LogP contribution >= 0.6 is 0 Å². The minimum atomic E-state index is -0.269. The van der Waals surface area contributed by atoms with E-state index < -0.39 is 0 Å². The van der Waals surface area contributed by atoms with Crippen molar-refractivity contribution >= 4 is 40.8 Å². The second-order valence-corrected chi connectivity index (χ2v) is 8.28. The lowest BCUT2D eigenvalue weighted by atomic mass is 10.1. The van der Waals surface area contributed by atoms with Gasteiger partial charge in [0.15, 0.2) is 5.76 Å². The fraction of sp³-hybridized carbons (Fsp3) is 0.0645. The van der Waals surface area contributed by atoms with E-state index in [9.17, 15) is 10.1 Å². The Morgan fingerprint density at radius 3 is 2.00 bits per heavy atom. The molecule has 6 heteroatoms. The smallest absolute Gasteiger partial charge is 0.305 e. The van der Waals surface area contributed by atoms with Crippen molar-refractivity contribution in [2.75, 3.05) is 11.4 Å². The molecule has 180 valence electrons. The Bertz CT molecular complexity index is 1470. The van der Waals surface area contributed by atoms with Crippen molar-refractivity contribution < 1.29 is 9.53 Å². The molecular formula is C31H24N4O2. The van der Waals surface area contributed by atoms with E-state index in [1.807, 2.05) is 67.6 Å². The molecule has 1 saturated heterocycles. The Hall–Kier alpha value is -5.15. The average Bonchev–Trinajstić information content (AvgIpc) is 3.24. The number of anilines is 3. The van der Waals surface area contributed by atoms with Gasteiger partial charge in [0.1, 0.15) is 6.07 Å². The van der Waals surface area contributed by atoms with Crippen LogP contribution in [0.15, 0.2) is 120 Å².